The van der Waals surface area contributed by atoms with Gasteiger partial charge < -0.3 is 20.4 Å². The van der Waals surface area contributed by atoms with Crippen molar-refractivity contribution in [1.29, 1.82) is 0 Å². The molecule has 4 N–H and O–H groups in total. The predicted octanol–water partition coefficient (Wildman–Crippen LogP) is -0.898. The fourth-order valence-electron chi connectivity index (χ4n) is 3.41. The average molecular weight is 363 g/mol. The van der Waals surface area contributed by atoms with E-state index >= 15 is 0 Å². The highest BCUT2D eigenvalue weighted by Gasteiger charge is 2.30. The fourth-order valence-corrected chi connectivity index (χ4v) is 3.41. The van der Waals surface area contributed by atoms with Crippen LogP contribution < -0.4 is 20.4 Å². The van der Waals surface area contributed by atoms with E-state index in [4.69, 9.17) is 0 Å². The van der Waals surface area contributed by atoms with Gasteiger partial charge >= 0.3 is 0 Å². The third-order valence-electron chi connectivity index (χ3n) is 4.80. The summed E-state index contributed by atoms with van der Waals surface area (Å²) in [5.74, 6) is 0.158. The first-order valence-corrected chi connectivity index (χ1v) is 9.59. The van der Waals surface area contributed by atoms with Crippen molar-refractivity contribution in [2.45, 2.75) is 45.7 Å². The molecule has 6 nitrogen and oxygen atoms in total. The Kier molecular flexibility index (Phi) is 7.17. The van der Waals surface area contributed by atoms with E-state index in [-0.39, 0.29) is 23.4 Å². The maximum Gasteiger partial charge on any atom is 0.282 e. The average Bonchev–Trinajstić information content (AvgIpc) is 2.79. The second-order valence-electron chi connectivity index (χ2n) is 8.31. The SMILES string of the molecule is C[C@H](C(=O)Nc1ccccc1)[NH+]1CCC[NH+](CC(=O)NC(C)(C)C)CC1. The molecule has 2 rings (SSSR count). The molecule has 1 aromatic carbocycles. The molecule has 26 heavy (non-hydrogen) atoms. The third kappa shape index (κ3) is 6.77. The molecule has 1 heterocycles. The van der Waals surface area contributed by atoms with Crippen molar-refractivity contribution >= 4 is 17.5 Å². The maximum absolute atomic E-state index is 12.5. The molecule has 1 aliphatic rings. The minimum Gasteiger partial charge on any atom is -0.347 e. The van der Waals surface area contributed by atoms with Gasteiger partial charge in [-0.25, -0.2) is 0 Å². The number of benzene rings is 1. The molecule has 6 heteroatoms. The molecule has 0 saturated carbocycles. The highest BCUT2D eigenvalue weighted by atomic mass is 16.2. The number of rotatable bonds is 5. The van der Waals surface area contributed by atoms with Gasteiger partial charge in [-0.15, -0.1) is 0 Å². The van der Waals surface area contributed by atoms with Crippen molar-refractivity contribution in [3.8, 4) is 0 Å². The lowest BCUT2D eigenvalue weighted by Gasteiger charge is -2.24. The van der Waals surface area contributed by atoms with Crippen LogP contribution in [0.25, 0.3) is 0 Å². The Morgan fingerprint density at radius 2 is 1.77 bits per heavy atom. The number of nitrogens with one attached hydrogen (secondary N) is 4. The zero-order valence-electron chi connectivity index (χ0n) is 16.5. The van der Waals surface area contributed by atoms with Gasteiger partial charge in [0.25, 0.3) is 11.8 Å². The van der Waals surface area contributed by atoms with Gasteiger partial charge in [0, 0.05) is 17.6 Å². The van der Waals surface area contributed by atoms with Crippen LogP contribution in [0.3, 0.4) is 0 Å². The summed E-state index contributed by atoms with van der Waals surface area (Å²) in [6, 6.07) is 9.49. The number of carbonyl (C=O) groups is 2. The quantitative estimate of drug-likeness (QED) is 0.549. The topological polar surface area (TPSA) is 67.1 Å². The molecule has 144 valence electrons. The molecule has 1 saturated heterocycles. The lowest BCUT2D eigenvalue weighted by molar-refractivity contribution is -0.942. The Morgan fingerprint density at radius 1 is 1.08 bits per heavy atom. The fraction of sp³-hybridized carbons (Fsp3) is 0.600. The summed E-state index contributed by atoms with van der Waals surface area (Å²) in [4.78, 5) is 27.3. The van der Waals surface area contributed by atoms with Gasteiger partial charge in [-0.2, -0.15) is 0 Å². The first kappa shape index (κ1) is 20.4. The van der Waals surface area contributed by atoms with Gasteiger partial charge in [-0.1, -0.05) is 18.2 Å². The molecule has 0 spiro atoms. The minimum absolute atomic E-state index is 0.0557. The van der Waals surface area contributed by atoms with E-state index in [1.165, 1.54) is 9.80 Å². The second-order valence-corrected chi connectivity index (χ2v) is 8.31. The van der Waals surface area contributed by atoms with Crippen molar-refractivity contribution in [3.63, 3.8) is 0 Å². The van der Waals surface area contributed by atoms with Crippen LogP contribution in [0.15, 0.2) is 30.3 Å². The van der Waals surface area contributed by atoms with Crippen LogP contribution >= 0.6 is 0 Å². The molecule has 2 amide bonds. The summed E-state index contributed by atoms with van der Waals surface area (Å²) in [6.45, 7) is 12.3. The molecular formula is C20H34N4O2+2. The molecule has 0 bridgehead atoms. The van der Waals surface area contributed by atoms with Gasteiger partial charge in [0.15, 0.2) is 12.6 Å². The number of anilines is 1. The Bertz CT molecular complexity index is 598. The van der Waals surface area contributed by atoms with Crippen LogP contribution in [0, 0.1) is 0 Å². The summed E-state index contributed by atoms with van der Waals surface area (Å²) >= 11 is 0. The molecule has 1 aromatic rings. The van der Waals surface area contributed by atoms with Gasteiger partial charge in [0.2, 0.25) is 0 Å². The Balaban J connectivity index is 1.83. The van der Waals surface area contributed by atoms with E-state index in [0.29, 0.717) is 6.54 Å². The van der Waals surface area contributed by atoms with Crippen LogP contribution in [0.5, 0.6) is 0 Å². The van der Waals surface area contributed by atoms with Crippen molar-refractivity contribution in [3.05, 3.63) is 30.3 Å². The smallest absolute Gasteiger partial charge is 0.282 e. The van der Waals surface area contributed by atoms with Crippen LogP contribution in [-0.4, -0.2) is 56.1 Å². The van der Waals surface area contributed by atoms with Crippen LogP contribution in [0.2, 0.25) is 0 Å². The van der Waals surface area contributed by atoms with E-state index in [1.807, 2.05) is 58.0 Å². The number of hydrogen-bond acceptors (Lipinski definition) is 2. The molecule has 3 atom stereocenters. The summed E-state index contributed by atoms with van der Waals surface area (Å²) in [7, 11) is 0. The number of quaternary nitrogens is 2. The lowest BCUT2D eigenvalue weighted by atomic mass is 10.1. The largest absolute Gasteiger partial charge is 0.347 e. The Morgan fingerprint density at radius 3 is 2.42 bits per heavy atom. The highest BCUT2D eigenvalue weighted by Crippen LogP contribution is 2.04. The zero-order chi connectivity index (χ0) is 19.2. The molecule has 0 aliphatic carbocycles. The summed E-state index contributed by atoms with van der Waals surface area (Å²) in [5, 5.41) is 6.03. The normalized spacial score (nSPS) is 22.2. The third-order valence-corrected chi connectivity index (χ3v) is 4.80. The molecule has 0 radical (unpaired) electrons. The standard InChI is InChI=1S/C20H32N4O2/c1-16(19(26)21-17-9-6-5-7-10-17)24-12-8-11-23(13-14-24)15-18(25)22-20(2,3)4/h5-7,9-10,16H,8,11-15H2,1-4H3,(H,21,26)(H,22,25)/p+2/t16-/m1/s1. The minimum atomic E-state index is -0.191. The maximum atomic E-state index is 12.5. The van der Waals surface area contributed by atoms with Crippen molar-refractivity contribution in [1.82, 2.24) is 5.32 Å². The number of para-hydroxylation sites is 1. The Labute approximate surface area is 156 Å². The number of amides is 2. The first-order chi connectivity index (χ1) is 12.2. The van der Waals surface area contributed by atoms with E-state index in [2.05, 4.69) is 10.6 Å². The van der Waals surface area contributed by atoms with Crippen LogP contribution in [-0.2, 0) is 9.59 Å². The van der Waals surface area contributed by atoms with E-state index in [1.54, 1.807) is 0 Å². The van der Waals surface area contributed by atoms with Crippen LogP contribution in [0.1, 0.15) is 34.1 Å². The Hall–Kier alpha value is -1.92. The summed E-state index contributed by atoms with van der Waals surface area (Å²) in [6.07, 6.45) is 1.02. The summed E-state index contributed by atoms with van der Waals surface area (Å²) in [5.41, 5.74) is 0.647. The van der Waals surface area contributed by atoms with Gasteiger partial charge in [0.1, 0.15) is 13.1 Å². The monoisotopic (exact) mass is 362 g/mol. The summed E-state index contributed by atoms with van der Waals surface area (Å²) < 4.78 is 0. The van der Waals surface area contributed by atoms with E-state index < -0.39 is 0 Å². The molecule has 1 fully saturated rings. The number of carbonyl (C=O) groups excluding carboxylic acids is 2. The zero-order valence-corrected chi connectivity index (χ0v) is 16.5. The van der Waals surface area contributed by atoms with Crippen molar-refractivity contribution in [2.75, 3.05) is 38.0 Å². The van der Waals surface area contributed by atoms with Crippen molar-refractivity contribution in [2.24, 2.45) is 0 Å². The van der Waals surface area contributed by atoms with Crippen LogP contribution in [0.4, 0.5) is 5.69 Å². The lowest BCUT2D eigenvalue weighted by Crippen LogP contribution is -3.20. The van der Waals surface area contributed by atoms with Crippen molar-refractivity contribution < 1.29 is 19.4 Å². The van der Waals surface area contributed by atoms with Gasteiger partial charge in [-0.3, -0.25) is 9.59 Å². The predicted molar refractivity (Wildman–Crippen MR) is 103 cm³/mol. The molecular weight excluding hydrogens is 328 g/mol. The second kappa shape index (κ2) is 9.14. The highest BCUT2D eigenvalue weighted by molar-refractivity contribution is 5.93. The molecule has 1 aliphatic heterocycles. The first-order valence-electron chi connectivity index (χ1n) is 9.59. The van der Waals surface area contributed by atoms with E-state index in [0.717, 1.165) is 38.3 Å². The molecule has 2 unspecified atom stereocenters. The van der Waals surface area contributed by atoms with Gasteiger partial charge in [0.05, 0.1) is 13.1 Å². The number of hydrogen-bond donors (Lipinski definition) is 4. The molecule has 0 aromatic heterocycles. The van der Waals surface area contributed by atoms with E-state index in [9.17, 15) is 9.59 Å². The van der Waals surface area contributed by atoms with Gasteiger partial charge in [-0.05, 0) is 39.8 Å².